The highest BCUT2D eigenvalue weighted by Gasteiger charge is 2.28. The molecule has 2 aliphatic carbocycles. The lowest BCUT2D eigenvalue weighted by atomic mass is 9.90. The lowest BCUT2D eigenvalue weighted by molar-refractivity contribution is 0.120. The van der Waals surface area contributed by atoms with Gasteiger partial charge in [0.05, 0.1) is 30.6 Å². The van der Waals surface area contributed by atoms with Gasteiger partial charge in [-0.15, -0.1) is 0 Å². The van der Waals surface area contributed by atoms with E-state index in [4.69, 9.17) is 20.7 Å². The second-order valence-corrected chi connectivity index (χ2v) is 8.48. The predicted octanol–water partition coefficient (Wildman–Crippen LogP) is 4.40. The number of H-pyrrole nitrogens is 1. The summed E-state index contributed by atoms with van der Waals surface area (Å²) in [5.41, 5.74) is 7.09. The summed E-state index contributed by atoms with van der Waals surface area (Å²) < 4.78 is 0. The third-order valence-electron chi connectivity index (χ3n) is 6.37. The van der Waals surface area contributed by atoms with Crippen LogP contribution in [0.4, 0.5) is 0 Å². The maximum absolute atomic E-state index is 5.41. The van der Waals surface area contributed by atoms with Gasteiger partial charge in [-0.2, -0.15) is 0 Å². The molecular formula is C26H29N5O. The molecule has 0 amide bonds. The minimum atomic E-state index is 0.243. The van der Waals surface area contributed by atoms with Gasteiger partial charge < -0.3 is 4.98 Å². The molecule has 3 N–H and O–H groups in total. The zero-order valence-electron chi connectivity index (χ0n) is 18.2. The van der Waals surface area contributed by atoms with Crippen LogP contribution in [0.15, 0.2) is 60.8 Å². The van der Waals surface area contributed by atoms with Crippen molar-refractivity contribution in [2.24, 2.45) is 5.90 Å². The van der Waals surface area contributed by atoms with Crippen molar-refractivity contribution in [2.75, 3.05) is 0 Å². The molecule has 164 valence electrons. The van der Waals surface area contributed by atoms with E-state index in [1.807, 2.05) is 18.3 Å². The number of aromatic amines is 1. The molecular weight excluding hydrogens is 398 g/mol. The summed E-state index contributed by atoms with van der Waals surface area (Å²) >= 11 is 0. The standard InChI is InChI=1S/C26H29N5O/c27-32-18-21-9-5-4-8-20(21)16-31(24-14-6-10-19-11-7-15-28-26(19)24)17-25-29-22-12-2-1-3-13-23(22)30-25/h1-5,7-9,11-12,15,24H,6,10,13-14,16-18,27H2,(H,29,30). The zero-order valence-corrected chi connectivity index (χ0v) is 18.2. The summed E-state index contributed by atoms with van der Waals surface area (Å²) in [6.07, 6.45) is 14.5. The molecule has 2 aliphatic rings. The van der Waals surface area contributed by atoms with Crippen LogP contribution >= 0.6 is 0 Å². The number of fused-ring (bicyclic) bond motifs is 2. The first-order valence-electron chi connectivity index (χ1n) is 11.3. The number of hydrogen-bond donors (Lipinski definition) is 2. The van der Waals surface area contributed by atoms with Gasteiger partial charge >= 0.3 is 0 Å². The number of pyridine rings is 1. The van der Waals surface area contributed by atoms with Crippen LogP contribution in [-0.4, -0.2) is 19.9 Å². The second kappa shape index (κ2) is 9.61. The van der Waals surface area contributed by atoms with Gasteiger partial charge in [-0.25, -0.2) is 10.9 Å². The molecule has 0 aliphatic heterocycles. The number of nitrogens with one attached hydrogen (secondary N) is 1. The molecule has 5 rings (SSSR count). The van der Waals surface area contributed by atoms with Crippen molar-refractivity contribution >= 4 is 6.08 Å². The average Bonchev–Trinajstić information content (AvgIpc) is 3.07. The monoisotopic (exact) mass is 427 g/mol. The zero-order chi connectivity index (χ0) is 21.8. The van der Waals surface area contributed by atoms with Crippen LogP contribution in [0.2, 0.25) is 0 Å². The van der Waals surface area contributed by atoms with Crippen molar-refractivity contribution in [3.8, 4) is 0 Å². The van der Waals surface area contributed by atoms with E-state index in [0.29, 0.717) is 6.61 Å². The Bertz CT molecular complexity index is 1130. The second-order valence-electron chi connectivity index (χ2n) is 8.48. The van der Waals surface area contributed by atoms with Crippen LogP contribution in [0.3, 0.4) is 0 Å². The quantitative estimate of drug-likeness (QED) is 0.546. The molecule has 0 radical (unpaired) electrons. The molecule has 0 saturated heterocycles. The first-order valence-corrected chi connectivity index (χ1v) is 11.3. The molecule has 6 heteroatoms. The van der Waals surface area contributed by atoms with Gasteiger partial charge in [-0.1, -0.05) is 48.6 Å². The van der Waals surface area contributed by atoms with Crippen LogP contribution in [0.1, 0.15) is 58.5 Å². The molecule has 1 aromatic carbocycles. The number of aryl methyl sites for hydroxylation is 1. The van der Waals surface area contributed by atoms with Crippen molar-refractivity contribution in [2.45, 2.75) is 51.4 Å². The van der Waals surface area contributed by atoms with Gasteiger partial charge in [-0.05, 0) is 48.1 Å². The van der Waals surface area contributed by atoms with E-state index in [9.17, 15) is 0 Å². The highest BCUT2D eigenvalue weighted by atomic mass is 16.6. The van der Waals surface area contributed by atoms with Crippen LogP contribution in [0.25, 0.3) is 6.08 Å². The molecule has 0 fully saturated rings. The fourth-order valence-electron chi connectivity index (χ4n) is 4.83. The Morgan fingerprint density at radius 2 is 2.00 bits per heavy atom. The van der Waals surface area contributed by atoms with Gasteiger partial charge in [0.2, 0.25) is 0 Å². The Morgan fingerprint density at radius 3 is 2.91 bits per heavy atom. The molecule has 0 spiro atoms. The van der Waals surface area contributed by atoms with Crippen molar-refractivity contribution in [1.82, 2.24) is 19.9 Å². The molecule has 32 heavy (non-hydrogen) atoms. The third-order valence-corrected chi connectivity index (χ3v) is 6.37. The van der Waals surface area contributed by atoms with Crippen molar-refractivity contribution in [1.29, 1.82) is 0 Å². The predicted molar refractivity (Wildman–Crippen MR) is 125 cm³/mol. The first kappa shape index (κ1) is 20.8. The van der Waals surface area contributed by atoms with Gasteiger partial charge in [-0.3, -0.25) is 14.7 Å². The van der Waals surface area contributed by atoms with E-state index >= 15 is 0 Å². The molecule has 3 aromatic rings. The van der Waals surface area contributed by atoms with E-state index in [0.717, 1.165) is 55.9 Å². The van der Waals surface area contributed by atoms with Crippen molar-refractivity contribution in [3.63, 3.8) is 0 Å². The Hall–Kier alpha value is -3.06. The van der Waals surface area contributed by atoms with Crippen LogP contribution in [0.5, 0.6) is 0 Å². The largest absolute Gasteiger partial charge is 0.344 e. The maximum Gasteiger partial charge on any atom is 0.121 e. The summed E-state index contributed by atoms with van der Waals surface area (Å²) in [5.74, 6) is 6.40. The Kier molecular flexibility index (Phi) is 6.25. The van der Waals surface area contributed by atoms with Gasteiger partial charge in [0.15, 0.2) is 0 Å². The first-order chi connectivity index (χ1) is 15.8. The van der Waals surface area contributed by atoms with E-state index < -0.39 is 0 Å². The molecule has 1 unspecified atom stereocenters. The van der Waals surface area contributed by atoms with E-state index in [2.05, 4.69) is 58.5 Å². The number of benzene rings is 1. The number of hydrogen-bond acceptors (Lipinski definition) is 5. The molecule has 2 aromatic heterocycles. The molecule has 0 saturated carbocycles. The molecule has 6 nitrogen and oxygen atoms in total. The average molecular weight is 428 g/mol. The number of aromatic nitrogens is 3. The minimum absolute atomic E-state index is 0.243. The molecule has 0 bridgehead atoms. The Morgan fingerprint density at radius 1 is 1.09 bits per heavy atom. The van der Waals surface area contributed by atoms with E-state index in [1.54, 1.807) is 0 Å². The number of imidazole rings is 1. The normalized spacial score (nSPS) is 17.2. The maximum atomic E-state index is 5.41. The summed E-state index contributed by atoms with van der Waals surface area (Å²) in [5, 5.41) is 0. The number of rotatable bonds is 7. The van der Waals surface area contributed by atoms with Crippen LogP contribution in [0, 0.1) is 0 Å². The highest BCUT2D eigenvalue weighted by molar-refractivity contribution is 5.52. The van der Waals surface area contributed by atoms with Crippen LogP contribution < -0.4 is 5.90 Å². The van der Waals surface area contributed by atoms with Crippen LogP contribution in [-0.2, 0) is 37.4 Å². The van der Waals surface area contributed by atoms with Gasteiger partial charge in [0.1, 0.15) is 5.82 Å². The van der Waals surface area contributed by atoms with Gasteiger partial charge in [0.25, 0.3) is 0 Å². The van der Waals surface area contributed by atoms with Crippen molar-refractivity contribution < 1.29 is 4.84 Å². The number of nitrogens with zero attached hydrogens (tertiary/aromatic N) is 3. The summed E-state index contributed by atoms with van der Waals surface area (Å²) in [7, 11) is 0. The fourth-order valence-corrected chi connectivity index (χ4v) is 4.83. The lowest BCUT2D eigenvalue weighted by Crippen LogP contribution is -2.32. The lowest BCUT2D eigenvalue weighted by Gasteiger charge is -2.35. The smallest absolute Gasteiger partial charge is 0.121 e. The third kappa shape index (κ3) is 4.43. The van der Waals surface area contributed by atoms with E-state index in [1.165, 1.54) is 22.5 Å². The Labute approximate surface area is 188 Å². The van der Waals surface area contributed by atoms with E-state index in [-0.39, 0.29) is 6.04 Å². The topological polar surface area (TPSA) is 80.1 Å². The fraction of sp³-hybridized carbons (Fsp3) is 0.308. The highest BCUT2D eigenvalue weighted by Crippen LogP contribution is 2.35. The van der Waals surface area contributed by atoms with Gasteiger partial charge in [0, 0.05) is 24.9 Å². The minimum Gasteiger partial charge on any atom is -0.344 e. The summed E-state index contributed by atoms with van der Waals surface area (Å²) in [6.45, 7) is 1.90. The molecule has 1 atom stereocenters. The Balaban J connectivity index is 1.49. The number of allylic oxidation sites excluding steroid dienone is 3. The SMILES string of the molecule is NOCc1ccccc1CN(Cc1nc2c([nH]1)CC=CC=C2)C1CCCc2cccnc21. The number of nitrogens with two attached hydrogens (primary N) is 1. The van der Waals surface area contributed by atoms with Crippen molar-refractivity contribution in [3.05, 3.63) is 100 Å². The summed E-state index contributed by atoms with van der Waals surface area (Å²) in [6, 6.07) is 12.9. The summed E-state index contributed by atoms with van der Waals surface area (Å²) in [4.78, 5) is 20.8. The molecule has 2 heterocycles.